The van der Waals surface area contributed by atoms with Crippen molar-refractivity contribution in [1.29, 1.82) is 0 Å². The molecule has 2 N–H and O–H groups in total. The molecule has 1 saturated carbocycles. The Labute approximate surface area is 188 Å². The molecule has 0 radical (unpaired) electrons. The maximum atomic E-state index is 12.2. The highest BCUT2D eigenvalue weighted by atomic mass is 35.5. The van der Waals surface area contributed by atoms with E-state index in [-0.39, 0.29) is 28.2 Å². The normalized spacial score (nSPS) is 16.0. The van der Waals surface area contributed by atoms with Crippen molar-refractivity contribution < 1.29 is 9.50 Å². The van der Waals surface area contributed by atoms with E-state index in [9.17, 15) is 9.50 Å². The molecule has 0 spiro atoms. The standard InChI is InChI=1S/C17H26ClNOS.C6H4ClF/c1-17(2,3)21-11-16(13-4-5-13)19-15(10-20)12-6-8-14(18)9-7-12;7-5-3-1-2-4-6(5)8/h6-9,13,15-16,19-20H,4-5,10-11H2,1-3H3;1-4H. The Morgan fingerprint density at radius 1 is 1.10 bits per heavy atom. The Morgan fingerprint density at radius 3 is 2.17 bits per heavy atom. The predicted octanol–water partition coefficient (Wildman–Crippen LogP) is 6.75. The van der Waals surface area contributed by atoms with Crippen LogP contribution >= 0.6 is 35.0 Å². The zero-order valence-electron chi connectivity index (χ0n) is 17.2. The van der Waals surface area contributed by atoms with E-state index in [4.69, 9.17) is 23.2 Å². The quantitative estimate of drug-likeness (QED) is 0.481. The molecule has 0 bridgehead atoms. The number of thioether (sulfide) groups is 1. The number of hydrogen-bond acceptors (Lipinski definition) is 3. The lowest BCUT2D eigenvalue weighted by atomic mass is 10.1. The third-order valence-corrected chi connectivity index (χ3v) is 6.53. The molecular weight excluding hydrogens is 428 g/mol. The van der Waals surface area contributed by atoms with Crippen LogP contribution in [-0.2, 0) is 0 Å². The van der Waals surface area contributed by atoms with E-state index in [0.29, 0.717) is 6.04 Å². The highest BCUT2D eigenvalue weighted by molar-refractivity contribution is 8.00. The van der Waals surface area contributed by atoms with E-state index < -0.39 is 0 Å². The molecule has 160 valence electrons. The lowest BCUT2D eigenvalue weighted by Crippen LogP contribution is -2.39. The summed E-state index contributed by atoms with van der Waals surface area (Å²) in [4.78, 5) is 0. The summed E-state index contributed by atoms with van der Waals surface area (Å²) in [7, 11) is 0. The Hall–Kier alpha value is -0.780. The van der Waals surface area contributed by atoms with E-state index in [1.54, 1.807) is 12.1 Å². The zero-order valence-corrected chi connectivity index (χ0v) is 19.5. The van der Waals surface area contributed by atoms with E-state index in [0.717, 1.165) is 22.3 Å². The van der Waals surface area contributed by atoms with Crippen LogP contribution < -0.4 is 5.32 Å². The summed E-state index contributed by atoms with van der Waals surface area (Å²) in [5, 5.41) is 14.3. The third-order valence-electron chi connectivity index (χ3n) is 4.58. The summed E-state index contributed by atoms with van der Waals surface area (Å²) in [6, 6.07) is 14.4. The van der Waals surface area contributed by atoms with Gasteiger partial charge in [0.1, 0.15) is 5.82 Å². The lowest BCUT2D eigenvalue weighted by molar-refractivity contribution is 0.232. The van der Waals surface area contributed by atoms with Crippen LogP contribution in [0.5, 0.6) is 0 Å². The first kappa shape index (κ1) is 24.5. The first-order chi connectivity index (χ1) is 13.7. The third kappa shape index (κ3) is 9.27. The smallest absolute Gasteiger partial charge is 0.141 e. The van der Waals surface area contributed by atoms with Crippen molar-refractivity contribution in [2.75, 3.05) is 12.4 Å². The van der Waals surface area contributed by atoms with Crippen molar-refractivity contribution >= 4 is 35.0 Å². The second-order valence-electron chi connectivity index (χ2n) is 8.23. The molecule has 0 amide bonds. The van der Waals surface area contributed by atoms with Gasteiger partial charge in [-0.1, -0.05) is 68.2 Å². The van der Waals surface area contributed by atoms with Crippen LogP contribution in [0.15, 0.2) is 48.5 Å². The fourth-order valence-electron chi connectivity index (χ4n) is 2.81. The molecule has 2 nitrogen and oxygen atoms in total. The molecule has 1 aliphatic carbocycles. The number of rotatable bonds is 7. The number of benzene rings is 2. The van der Waals surface area contributed by atoms with Crippen molar-refractivity contribution in [3.8, 4) is 0 Å². The van der Waals surface area contributed by atoms with Gasteiger partial charge in [-0.25, -0.2) is 4.39 Å². The minimum Gasteiger partial charge on any atom is -0.394 e. The van der Waals surface area contributed by atoms with Gasteiger partial charge in [-0.2, -0.15) is 11.8 Å². The summed E-state index contributed by atoms with van der Waals surface area (Å²) >= 11 is 13.3. The second-order valence-corrected chi connectivity index (χ2v) is 10.9. The van der Waals surface area contributed by atoms with Gasteiger partial charge in [0.15, 0.2) is 0 Å². The maximum Gasteiger partial charge on any atom is 0.141 e. The number of halogens is 3. The van der Waals surface area contributed by atoms with E-state index >= 15 is 0 Å². The van der Waals surface area contributed by atoms with Gasteiger partial charge in [-0.05, 0) is 48.6 Å². The minimum atomic E-state index is -0.367. The summed E-state index contributed by atoms with van der Waals surface area (Å²) < 4.78 is 12.5. The molecule has 29 heavy (non-hydrogen) atoms. The number of nitrogens with one attached hydrogen (secondary N) is 1. The average molecular weight is 458 g/mol. The summed E-state index contributed by atoms with van der Waals surface area (Å²) in [5.41, 5.74) is 1.10. The number of aliphatic hydroxyl groups is 1. The van der Waals surface area contributed by atoms with Crippen LogP contribution in [0.25, 0.3) is 0 Å². The number of hydrogen-bond donors (Lipinski definition) is 2. The molecule has 2 aromatic carbocycles. The molecular formula is C23H30Cl2FNOS. The Bertz CT molecular complexity index is 726. The van der Waals surface area contributed by atoms with Crippen LogP contribution in [0.1, 0.15) is 45.2 Å². The zero-order chi connectivity index (χ0) is 21.4. The largest absolute Gasteiger partial charge is 0.394 e. The minimum absolute atomic E-state index is 0.00608. The predicted molar refractivity (Wildman–Crippen MR) is 125 cm³/mol. The van der Waals surface area contributed by atoms with Crippen LogP contribution in [0.3, 0.4) is 0 Å². The van der Waals surface area contributed by atoms with Gasteiger partial charge in [0.25, 0.3) is 0 Å². The topological polar surface area (TPSA) is 32.3 Å². The molecule has 1 fully saturated rings. The summed E-state index contributed by atoms with van der Waals surface area (Å²) in [5.74, 6) is 1.49. The van der Waals surface area contributed by atoms with Gasteiger partial charge in [0.2, 0.25) is 0 Å². The molecule has 3 rings (SSSR count). The van der Waals surface area contributed by atoms with Crippen molar-refractivity contribution in [3.63, 3.8) is 0 Å². The lowest BCUT2D eigenvalue weighted by Gasteiger charge is -2.27. The molecule has 0 saturated heterocycles. The molecule has 1 aliphatic rings. The van der Waals surface area contributed by atoms with Gasteiger partial charge in [-0.15, -0.1) is 0 Å². The summed E-state index contributed by atoms with van der Waals surface area (Å²) in [6.45, 7) is 6.88. The van der Waals surface area contributed by atoms with Gasteiger partial charge < -0.3 is 10.4 Å². The fourth-order valence-corrected chi connectivity index (χ4v) is 4.12. The van der Waals surface area contributed by atoms with Crippen LogP contribution in [0, 0.1) is 11.7 Å². The molecule has 0 aromatic heterocycles. The molecule has 2 unspecified atom stereocenters. The highest BCUT2D eigenvalue weighted by Crippen LogP contribution is 2.37. The SMILES string of the molecule is CC(C)(C)SCC(NC(CO)c1ccc(Cl)cc1)C1CC1.Fc1ccccc1Cl. The molecule has 2 aromatic rings. The van der Waals surface area contributed by atoms with Gasteiger partial charge in [-0.3, -0.25) is 0 Å². The Kier molecular flexibility index (Phi) is 9.77. The van der Waals surface area contributed by atoms with Crippen molar-refractivity contribution in [3.05, 3.63) is 70.0 Å². The molecule has 6 heteroatoms. The maximum absolute atomic E-state index is 12.2. The summed E-state index contributed by atoms with van der Waals surface area (Å²) in [6.07, 6.45) is 2.61. The van der Waals surface area contributed by atoms with Crippen molar-refractivity contribution in [2.24, 2.45) is 5.92 Å². The van der Waals surface area contributed by atoms with E-state index in [1.807, 2.05) is 36.0 Å². The van der Waals surface area contributed by atoms with Crippen molar-refractivity contribution in [2.45, 2.75) is 50.4 Å². The van der Waals surface area contributed by atoms with Gasteiger partial charge >= 0.3 is 0 Å². The number of aliphatic hydroxyl groups excluding tert-OH is 1. The monoisotopic (exact) mass is 457 g/mol. The van der Waals surface area contributed by atoms with Gasteiger partial charge in [0.05, 0.1) is 17.7 Å². The molecule has 0 aliphatic heterocycles. The molecule has 0 heterocycles. The average Bonchev–Trinajstić information content (AvgIpc) is 3.50. The first-order valence-electron chi connectivity index (χ1n) is 9.86. The van der Waals surface area contributed by atoms with E-state index in [1.165, 1.54) is 25.0 Å². The highest BCUT2D eigenvalue weighted by Gasteiger charge is 2.33. The van der Waals surface area contributed by atoms with Crippen LogP contribution in [0.4, 0.5) is 4.39 Å². The van der Waals surface area contributed by atoms with Crippen LogP contribution in [-0.4, -0.2) is 28.3 Å². The Balaban J connectivity index is 0.000000313. The molecule has 2 atom stereocenters. The second kappa shape index (κ2) is 11.6. The van der Waals surface area contributed by atoms with E-state index in [2.05, 4.69) is 26.1 Å². The van der Waals surface area contributed by atoms with Crippen molar-refractivity contribution in [1.82, 2.24) is 5.32 Å². The fraction of sp³-hybridized carbons (Fsp3) is 0.478. The Morgan fingerprint density at radius 2 is 1.72 bits per heavy atom. The van der Waals surface area contributed by atoms with Crippen LogP contribution in [0.2, 0.25) is 10.0 Å². The van der Waals surface area contributed by atoms with Gasteiger partial charge in [0, 0.05) is 21.6 Å². The first-order valence-corrected chi connectivity index (χ1v) is 11.6.